The van der Waals surface area contributed by atoms with Crippen LogP contribution in [0.3, 0.4) is 0 Å². The van der Waals surface area contributed by atoms with E-state index < -0.39 is 35.6 Å². The Kier molecular flexibility index (Phi) is 9.08. The van der Waals surface area contributed by atoms with Gasteiger partial charge in [-0.3, -0.25) is 34.2 Å². The minimum atomic E-state index is -1.07. The first-order valence-electron chi connectivity index (χ1n) is 11.0. The summed E-state index contributed by atoms with van der Waals surface area (Å²) in [6.07, 6.45) is 0.0826. The van der Waals surface area contributed by atoms with Gasteiger partial charge in [-0.05, 0) is 25.6 Å². The van der Waals surface area contributed by atoms with E-state index in [4.69, 9.17) is 14.2 Å². The number of benzene rings is 1. The summed E-state index contributed by atoms with van der Waals surface area (Å²) < 4.78 is 16.2. The maximum Gasteiger partial charge on any atom is 0.266 e. The number of nitrogens with zero attached hydrogens (tertiary/aromatic N) is 1. The summed E-state index contributed by atoms with van der Waals surface area (Å²) in [6, 6.07) is 3.38. The molecule has 34 heavy (non-hydrogen) atoms. The predicted molar refractivity (Wildman–Crippen MR) is 117 cm³/mol. The van der Waals surface area contributed by atoms with Crippen molar-refractivity contribution < 1.29 is 38.2 Å². The van der Waals surface area contributed by atoms with Crippen molar-refractivity contribution in [2.75, 3.05) is 53.2 Å². The summed E-state index contributed by atoms with van der Waals surface area (Å²) in [5, 5.41) is 7.74. The molecule has 0 aliphatic carbocycles. The third kappa shape index (κ3) is 6.16. The number of likely N-dealkylation sites (N-methyl/N-ethyl adjacent to an activating group) is 1. The van der Waals surface area contributed by atoms with Crippen LogP contribution in [0.1, 0.15) is 33.6 Å². The molecule has 0 radical (unpaired) electrons. The smallest absolute Gasteiger partial charge is 0.266 e. The number of piperidine rings is 1. The van der Waals surface area contributed by atoms with Crippen LogP contribution < -0.4 is 20.7 Å². The number of carbonyl (C=O) groups excluding carboxylic acids is 5. The van der Waals surface area contributed by atoms with E-state index in [1.54, 1.807) is 0 Å². The Balaban J connectivity index is 1.48. The van der Waals surface area contributed by atoms with Crippen LogP contribution in [0, 0.1) is 0 Å². The van der Waals surface area contributed by atoms with Crippen LogP contribution in [0.2, 0.25) is 0 Å². The highest BCUT2D eigenvalue weighted by Crippen LogP contribution is 2.33. The highest BCUT2D eigenvalue weighted by Gasteiger charge is 2.46. The van der Waals surface area contributed by atoms with Crippen molar-refractivity contribution in [3.05, 3.63) is 29.3 Å². The van der Waals surface area contributed by atoms with Crippen molar-refractivity contribution >= 4 is 29.5 Å². The van der Waals surface area contributed by atoms with Gasteiger partial charge in [0.2, 0.25) is 11.8 Å². The van der Waals surface area contributed by atoms with E-state index >= 15 is 0 Å². The van der Waals surface area contributed by atoms with Gasteiger partial charge in [-0.1, -0.05) is 6.07 Å². The van der Waals surface area contributed by atoms with Crippen LogP contribution in [0.15, 0.2) is 18.2 Å². The number of amides is 5. The quantitative estimate of drug-likeness (QED) is 0.236. The molecule has 2 aliphatic rings. The minimum Gasteiger partial charge on any atom is -0.483 e. The van der Waals surface area contributed by atoms with E-state index in [9.17, 15) is 24.0 Å². The molecular weight excluding hydrogens is 448 g/mol. The average Bonchev–Trinajstić information content (AvgIpc) is 3.07. The maximum atomic E-state index is 13.0. The van der Waals surface area contributed by atoms with Gasteiger partial charge in [0.25, 0.3) is 17.7 Å². The Morgan fingerprint density at radius 1 is 1.06 bits per heavy atom. The zero-order chi connectivity index (χ0) is 24.5. The van der Waals surface area contributed by atoms with Gasteiger partial charge in [-0.2, -0.15) is 0 Å². The van der Waals surface area contributed by atoms with E-state index in [-0.39, 0.29) is 42.9 Å². The molecule has 1 fully saturated rings. The van der Waals surface area contributed by atoms with E-state index in [1.807, 2.05) is 7.05 Å². The Hall–Kier alpha value is -3.35. The molecule has 3 N–H and O–H groups in total. The summed E-state index contributed by atoms with van der Waals surface area (Å²) in [5.41, 5.74) is 0.0737. The molecule has 184 valence electrons. The van der Waals surface area contributed by atoms with Crippen molar-refractivity contribution in [3.8, 4) is 5.75 Å². The monoisotopic (exact) mass is 476 g/mol. The highest BCUT2D eigenvalue weighted by molar-refractivity contribution is 6.24. The molecule has 2 aliphatic heterocycles. The third-order valence-electron chi connectivity index (χ3n) is 5.23. The number of hydrogen-bond donors (Lipinski definition) is 3. The lowest BCUT2D eigenvalue weighted by molar-refractivity contribution is -0.136. The molecule has 2 heterocycles. The third-order valence-corrected chi connectivity index (χ3v) is 5.23. The van der Waals surface area contributed by atoms with Crippen LogP contribution in [0.4, 0.5) is 0 Å². The molecule has 1 atom stereocenters. The van der Waals surface area contributed by atoms with Gasteiger partial charge in [0, 0.05) is 19.5 Å². The zero-order valence-corrected chi connectivity index (χ0v) is 18.9. The molecule has 12 nitrogen and oxygen atoms in total. The number of rotatable bonds is 13. The number of carbonyl (C=O) groups is 5. The van der Waals surface area contributed by atoms with Crippen molar-refractivity contribution in [1.82, 2.24) is 20.9 Å². The SMILES string of the molecule is CNCCOCCOCCNC(=O)COc1cccc2c1C(=O)N(C1CCC(=O)NC1=O)C2=O. The van der Waals surface area contributed by atoms with Crippen LogP contribution >= 0.6 is 0 Å². The highest BCUT2D eigenvalue weighted by atomic mass is 16.5. The van der Waals surface area contributed by atoms with Gasteiger partial charge in [0.15, 0.2) is 6.61 Å². The fraction of sp³-hybridized carbons (Fsp3) is 0.500. The van der Waals surface area contributed by atoms with Gasteiger partial charge in [-0.25, -0.2) is 0 Å². The number of nitrogens with one attached hydrogen (secondary N) is 3. The van der Waals surface area contributed by atoms with E-state index in [0.717, 1.165) is 11.4 Å². The Labute approximate surface area is 196 Å². The molecule has 1 aromatic carbocycles. The maximum absolute atomic E-state index is 13.0. The first-order chi connectivity index (χ1) is 16.4. The predicted octanol–water partition coefficient (Wildman–Crippen LogP) is -1.16. The normalized spacial score (nSPS) is 17.6. The molecule has 12 heteroatoms. The summed E-state index contributed by atoms with van der Waals surface area (Å²) in [6.45, 7) is 2.42. The second-order valence-electron chi connectivity index (χ2n) is 7.59. The number of imide groups is 2. The molecular formula is C22H28N4O8. The minimum absolute atomic E-state index is 0.00777. The van der Waals surface area contributed by atoms with Crippen molar-refractivity contribution in [1.29, 1.82) is 0 Å². The molecule has 5 amide bonds. The van der Waals surface area contributed by atoms with Crippen molar-refractivity contribution in [2.24, 2.45) is 0 Å². The van der Waals surface area contributed by atoms with Crippen molar-refractivity contribution in [3.63, 3.8) is 0 Å². The first-order valence-corrected chi connectivity index (χ1v) is 11.0. The Bertz CT molecular complexity index is 951. The topological polar surface area (TPSA) is 152 Å². The second-order valence-corrected chi connectivity index (χ2v) is 7.59. The zero-order valence-electron chi connectivity index (χ0n) is 18.9. The molecule has 0 aromatic heterocycles. The summed E-state index contributed by atoms with van der Waals surface area (Å²) >= 11 is 0. The molecule has 1 unspecified atom stereocenters. The largest absolute Gasteiger partial charge is 0.483 e. The number of ether oxygens (including phenoxy) is 3. The summed E-state index contributed by atoms with van der Waals surface area (Å²) in [7, 11) is 1.84. The Morgan fingerprint density at radius 2 is 1.79 bits per heavy atom. The average molecular weight is 476 g/mol. The molecule has 0 bridgehead atoms. The number of fused-ring (bicyclic) bond motifs is 1. The van der Waals surface area contributed by atoms with Crippen LogP contribution in [0.25, 0.3) is 0 Å². The van der Waals surface area contributed by atoms with Gasteiger partial charge < -0.3 is 24.8 Å². The van der Waals surface area contributed by atoms with Gasteiger partial charge in [-0.15, -0.1) is 0 Å². The summed E-state index contributed by atoms with van der Waals surface area (Å²) in [5.74, 6) is -2.84. The lowest BCUT2D eigenvalue weighted by atomic mass is 10.0. The summed E-state index contributed by atoms with van der Waals surface area (Å²) in [4.78, 5) is 62.3. The van der Waals surface area contributed by atoms with Crippen LogP contribution in [-0.2, 0) is 23.9 Å². The molecule has 0 spiro atoms. The fourth-order valence-electron chi connectivity index (χ4n) is 3.56. The number of hydrogen-bond acceptors (Lipinski definition) is 9. The first kappa shape index (κ1) is 25.3. The molecule has 3 rings (SSSR count). The second kappa shape index (κ2) is 12.2. The Morgan fingerprint density at radius 3 is 2.50 bits per heavy atom. The lowest BCUT2D eigenvalue weighted by Gasteiger charge is -2.27. The van der Waals surface area contributed by atoms with E-state index in [1.165, 1.54) is 18.2 Å². The molecule has 0 saturated carbocycles. The van der Waals surface area contributed by atoms with E-state index in [2.05, 4.69) is 16.0 Å². The van der Waals surface area contributed by atoms with E-state index in [0.29, 0.717) is 26.4 Å². The standard InChI is InChI=1S/C22H28N4O8/c1-23-7-9-32-11-12-33-10-8-24-18(28)13-34-16-4-2-3-14-19(16)22(31)26(21(14)30)15-5-6-17(27)25-20(15)29/h2-4,15,23H,5-13H2,1H3,(H,24,28)(H,25,27,29). The van der Waals surface area contributed by atoms with Gasteiger partial charge in [0.1, 0.15) is 11.8 Å². The molecule has 1 aromatic rings. The van der Waals surface area contributed by atoms with Crippen LogP contribution in [0.5, 0.6) is 5.75 Å². The van der Waals surface area contributed by atoms with Crippen LogP contribution in [-0.4, -0.2) is 93.6 Å². The van der Waals surface area contributed by atoms with Gasteiger partial charge >= 0.3 is 0 Å². The van der Waals surface area contributed by atoms with Gasteiger partial charge in [0.05, 0.1) is 37.6 Å². The lowest BCUT2D eigenvalue weighted by Crippen LogP contribution is -2.54. The van der Waals surface area contributed by atoms with Crippen molar-refractivity contribution in [2.45, 2.75) is 18.9 Å². The fourth-order valence-corrected chi connectivity index (χ4v) is 3.56. The molecule has 1 saturated heterocycles.